The van der Waals surface area contributed by atoms with Gasteiger partial charge in [0.1, 0.15) is 6.04 Å². The summed E-state index contributed by atoms with van der Waals surface area (Å²) in [7, 11) is -2.49. The number of anilines is 1. The monoisotopic (exact) mass is 272 g/mol. The first-order valence-electron chi connectivity index (χ1n) is 5.24. The van der Waals surface area contributed by atoms with E-state index in [-0.39, 0.29) is 4.90 Å². The number of esters is 1. The molecule has 6 nitrogen and oxygen atoms in total. The van der Waals surface area contributed by atoms with E-state index >= 15 is 0 Å². The van der Waals surface area contributed by atoms with Crippen LogP contribution < -0.4 is 10.5 Å². The third-order valence-electron chi connectivity index (χ3n) is 2.52. The highest BCUT2D eigenvalue weighted by Gasteiger charge is 2.17. The summed E-state index contributed by atoms with van der Waals surface area (Å²) in [4.78, 5) is 11.3. The number of carbonyl (C=O) groups is 1. The minimum absolute atomic E-state index is 0.0320. The van der Waals surface area contributed by atoms with E-state index in [1.54, 1.807) is 26.0 Å². The summed E-state index contributed by atoms with van der Waals surface area (Å²) < 4.78 is 27.3. The van der Waals surface area contributed by atoms with Crippen molar-refractivity contribution in [2.75, 3.05) is 12.4 Å². The summed E-state index contributed by atoms with van der Waals surface area (Å²) in [5.41, 5.74) is 0.996. The highest BCUT2D eigenvalue weighted by atomic mass is 32.2. The van der Waals surface area contributed by atoms with Crippen LogP contribution in [0.15, 0.2) is 23.1 Å². The summed E-state index contributed by atoms with van der Waals surface area (Å²) >= 11 is 0. The number of primary sulfonamides is 1. The van der Waals surface area contributed by atoms with Gasteiger partial charge in [-0.1, -0.05) is 6.07 Å². The number of ether oxygens (including phenoxy) is 1. The van der Waals surface area contributed by atoms with Crippen LogP contribution >= 0.6 is 0 Å². The van der Waals surface area contributed by atoms with E-state index in [9.17, 15) is 13.2 Å². The van der Waals surface area contributed by atoms with Gasteiger partial charge in [-0.3, -0.25) is 0 Å². The molecule has 0 spiro atoms. The molecule has 1 aromatic carbocycles. The van der Waals surface area contributed by atoms with Crippen molar-refractivity contribution in [1.82, 2.24) is 0 Å². The fourth-order valence-corrected chi connectivity index (χ4v) is 2.35. The van der Waals surface area contributed by atoms with Crippen LogP contribution in [0.1, 0.15) is 12.5 Å². The molecular weight excluding hydrogens is 256 g/mol. The van der Waals surface area contributed by atoms with E-state index < -0.39 is 22.0 Å². The lowest BCUT2D eigenvalue weighted by atomic mass is 10.2. The third kappa shape index (κ3) is 3.21. The number of benzene rings is 1. The van der Waals surface area contributed by atoms with E-state index in [2.05, 4.69) is 10.1 Å². The summed E-state index contributed by atoms with van der Waals surface area (Å²) in [5, 5.41) is 7.97. The van der Waals surface area contributed by atoms with Crippen LogP contribution in [0.5, 0.6) is 0 Å². The van der Waals surface area contributed by atoms with Crippen LogP contribution in [0.3, 0.4) is 0 Å². The standard InChI is InChI=1S/C11H16N2O4S/c1-7-9(13-8(2)11(14)17-3)5-4-6-10(7)18(12,15)16/h4-6,8,13H,1-3H3,(H2,12,15,16). The molecule has 1 unspecified atom stereocenters. The molecule has 1 aromatic rings. The van der Waals surface area contributed by atoms with Gasteiger partial charge in [-0.15, -0.1) is 0 Å². The molecule has 3 N–H and O–H groups in total. The van der Waals surface area contributed by atoms with Crippen molar-refractivity contribution in [3.8, 4) is 0 Å². The zero-order valence-corrected chi connectivity index (χ0v) is 11.2. The van der Waals surface area contributed by atoms with Gasteiger partial charge in [0.25, 0.3) is 0 Å². The van der Waals surface area contributed by atoms with Gasteiger partial charge in [-0.25, -0.2) is 18.4 Å². The molecule has 0 aliphatic heterocycles. The molecule has 100 valence electrons. The Morgan fingerprint density at radius 1 is 1.44 bits per heavy atom. The number of nitrogens with one attached hydrogen (secondary N) is 1. The summed E-state index contributed by atoms with van der Waals surface area (Å²) in [6, 6.07) is 4.06. The maximum atomic E-state index is 11.3. The minimum atomic E-state index is -3.77. The SMILES string of the molecule is COC(=O)C(C)Nc1cccc(S(N)(=O)=O)c1C. The summed E-state index contributed by atoms with van der Waals surface area (Å²) in [6.45, 7) is 3.24. The van der Waals surface area contributed by atoms with Gasteiger partial charge in [0.15, 0.2) is 0 Å². The highest BCUT2D eigenvalue weighted by molar-refractivity contribution is 7.89. The normalized spacial score (nSPS) is 12.9. The molecule has 0 bridgehead atoms. The van der Waals surface area contributed by atoms with Crippen LogP contribution in [0, 0.1) is 6.92 Å². The number of methoxy groups -OCH3 is 1. The first-order valence-corrected chi connectivity index (χ1v) is 6.78. The average Bonchev–Trinajstić information content (AvgIpc) is 2.29. The largest absolute Gasteiger partial charge is 0.467 e. The molecule has 0 aliphatic rings. The second-order valence-electron chi connectivity index (χ2n) is 3.86. The number of sulfonamides is 1. The van der Waals surface area contributed by atoms with Gasteiger partial charge in [0.05, 0.1) is 12.0 Å². The Labute approximate surface area is 106 Å². The number of hydrogen-bond donors (Lipinski definition) is 2. The van der Waals surface area contributed by atoms with Gasteiger partial charge < -0.3 is 10.1 Å². The lowest BCUT2D eigenvalue weighted by Crippen LogP contribution is -2.27. The smallest absolute Gasteiger partial charge is 0.327 e. The quantitative estimate of drug-likeness (QED) is 0.783. The molecule has 0 saturated carbocycles. The second-order valence-corrected chi connectivity index (χ2v) is 5.39. The summed E-state index contributed by atoms with van der Waals surface area (Å²) in [5.74, 6) is -0.435. The first-order chi connectivity index (χ1) is 8.27. The summed E-state index contributed by atoms with van der Waals surface area (Å²) in [6.07, 6.45) is 0. The maximum absolute atomic E-state index is 11.3. The van der Waals surface area contributed by atoms with Crippen molar-refractivity contribution < 1.29 is 17.9 Å². The lowest BCUT2D eigenvalue weighted by Gasteiger charge is -2.16. The van der Waals surface area contributed by atoms with Crippen molar-refractivity contribution in [3.05, 3.63) is 23.8 Å². The van der Waals surface area contributed by atoms with Crippen LogP contribution in [-0.4, -0.2) is 27.5 Å². The average molecular weight is 272 g/mol. The Kier molecular flexibility index (Phi) is 4.31. The van der Waals surface area contributed by atoms with Crippen LogP contribution in [0.25, 0.3) is 0 Å². The fourth-order valence-electron chi connectivity index (χ4n) is 1.55. The van der Waals surface area contributed by atoms with Gasteiger partial charge in [0.2, 0.25) is 10.0 Å². The van der Waals surface area contributed by atoms with E-state index in [4.69, 9.17) is 5.14 Å². The van der Waals surface area contributed by atoms with Crippen LogP contribution in [0.2, 0.25) is 0 Å². The zero-order chi connectivity index (χ0) is 13.9. The molecule has 0 heterocycles. The first kappa shape index (κ1) is 14.5. The van der Waals surface area contributed by atoms with Crippen LogP contribution in [-0.2, 0) is 19.6 Å². The van der Waals surface area contributed by atoms with Crippen molar-refractivity contribution >= 4 is 21.7 Å². The Balaban J connectivity index is 3.09. The van der Waals surface area contributed by atoms with Crippen molar-refractivity contribution in [2.45, 2.75) is 24.8 Å². The minimum Gasteiger partial charge on any atom is -0.467 e. The number of nitrogens with two attached hydrogens (primary N) is 1. The Morgan fingerprint density at radius 3 is 2.56 bits per heavy atom. The third-order valence-corrected chi connectivity index (χ3v) is 3.57. The fraction of sp³-hybridized carbons (Fsp3) is 0.364. The molecule has 0 fully saturated rings. The zero-order valence-electron chi connectivity index (χ0n) is 10.4. The number of carbonyl (C=O) groups excluding carboxylic acids is 1. The van der Waals surface area contributed by atoms with Gasteiger partial charge in [-0.05, 0) is 31.5 Å². The Bertz CT molecular complexity index is 554. The molecule has 18 heavy (non-hydrogen) atoms. The molecule has 0 saturated heterocycles. The number of rotatable bonds is 4. The molecule has 0 amide bonds. The molecule has 1 rings (SSSR count). The van der Waals surface area contributed by atoms with E-state index in [1.807, 2.05) is 0 Å². The van der Waals surface area contributed by atoms with Crippen molar-refractivity contribution in [2.24, 2.45) is 5.14 Å². The molecule has 7 heteroatoms. The molecule has 1 atom stereocenters. The predicted octanol–water partition coefficient (Wildman–Crippen LogP) is 0.616. The molecule has 0 aliphatic carbocycles. The lowest BCUT2D eigenvalue weighted by molar-refractivity contribution is -0.141. The van der Waals surface area contributed by atoms with E-state index in [0.717, 1.165) is 0 Å². The maximum Gasteiger partial charge on any atom is 0.327 e. The van der Waals surface area contributed by atoms with E-state index in [0.29, 0.717) is 11.3 Å². The van der Waals surface area contributed by atoms with E-state index in [1.165, 1.54) is 13.2 Å². The molecule has 0 aromatic heterocycles. The van der Waals surface area contributed by atoms with Crippen LogP contribution in [0.4, 0.5) is 5.69 Å². The number of hydrogen-bond acceptors (Lipinski definition) is 5. The second kappa shape index (κ2) is 5.36. The Morgan fingerprint density at radius 2 is 2.06 bits per heavy atom. The Hall–Kier alpha value is -1.60. The van der Waals surface area contributed by atoms with Gasteiger partial charge in [0, 0.05) is 5.69 Å². The molecular formula is C11H16N2O4S. The van der Waals surface area contributed by atoms with Crippen molar-refractivity contribution in [1.29, 1.82) is 0 Å². The topological polar surface area (TPSA) is 98.5 Å². The van der Waals surface area contributed by atoms with Crippen molar-refractivity contribution in [3.63, 3.8) is 0 Å². The van der Waals surface area contributed by atoms with Gasteiger partial charge in [-0.2, -0.15) is 0 Å². The molecule has 0 radical (unpaired) electrons. The predicted molar refractivity (Wildman–Crippen MR) is 67.7 cm³/mol. The highest BCUT2D eigenvalue weighted by Crippen LogP contribution is 2.22. The van der Waals surface area contributed by atoms with Gasteiger partial charge >= 0.3 is 5.97 Å².